The predicted molar refractivity (Wildman–Crippen MR) is 127 cm³/mol. The van der Waals surface area contributed by atoms with Crippen LogP contribution in [0.5, 0.6) is 0 Å². The molecule has 10 nitrogen and oxygen atoms in total. The molecule has 0 aromatic heterocycles. The van der Waals surface area contributed by atoms with Gasteiger partial charge in [-0.25, -0.2) is 14.4 Å². The molecule has 0 saturated heterocycles. The second-order valence-electron chi connectivity index (χ2n) is 7.92. The van der Waals surface area contributed by atoms with Crippen LogP contribution >= 0.6 is 0 Å². The van der Waals surface area contributed by atoms with Crippen LogP contribution in [0.3, 0.4) is 0 Å². The third-order valence-electron chi connectivity index (χ3n) is 5.58. The van der Waals surface area contributed by atoms with E-state index in [2.05, 4.69) is 10.6 Å². The van der Waals surface area contributed by atoms with Gasteiger partial charge >= 0.3 is 17.9 Å². The van der Waals surface area contributed by atoms with Crippen LogP contribution < -0.4 is 10.6 Å². The van der Waals surface area contributed by atoms with E-state index in [-0.39, 0.29) is 35.4 Å². The number of esters is 1. The van der Waals surface area contributed by atoms with Crippen LogP contribution in [0.1, 0.15) is 51.6 Å². The van der Waals surface area contributed by atoms with Gasteiger partial charge in [-0.15, -0.1) is 0 Å². The fraction of sp³-hybridized carbons (Fsp3) is 0.192. The van der Waals surface area contributed by atoms with E-state index in [1.165, 1.54) is 30.3 Å². The minimum Gasteiger partial charge on any atom is -0.478 e. The van der Waals surface area contributed by atoms with Gasteiger partial charge in [-0.3, -0.25) is 4.79 Å². The van der Waals surface area contributed by atoms with Gasteiger partial charge in [-0.2, -0.15) is 5.26 Å². The number of nitrogens with one attached hydrogen (secondary N) is 2. The molecule has 3 rings (SSSR count). The second kappa shape index (κ2) is 11.0. The number of ether oxygens (including phenoxy) is 1. The quantitative estimate of drug-likeness (QED) is 0.322. The van der Waals surface area contributed by atoms with Gasteiger partial charge in [0.15, 0.2) is 0 Å². The molecule has 0 aliphatic carbocycles. The predicted octanol–water partition coefficient (Wildman–Crippen LogP) is 2.55. The fourth-order valence-corrected chi connectivity index (χ4v) is 4.02. The highest BCUT2D eigenvalue weighted by Gasteiger charge is 2.37. The third kappa shape index (κ3) is 5.42. The maximum atomic E-state index is 13.1. The second-order valence-corrected chi connectivity index (χ2v) is 7.92. The van der Waals surface area contributed by atoms with Gasteiger partial charge in [0.1, 0.15) is 6.61 Å². The molecule has 0 spiro atoms. The number of carboxylic acids is 2. The first-order valence-electron chi connectivity index (χ1n) is 10.8. The van der Waals surface area contributed by atoms with Crippen molar-refractivity contribution in [1.29, 1.82) is 5.26 Å². The van der Waals surface area contributed by atoms with Gasteiger partial charge < -0.3 is 25.6 Å². The van der Waals surface area contributed by atoms with Crippen LogP contribution in [0.2, 0.25) is 0 Å². The lowest BCUT2D eigenvalue weighted by molar-refractivity contribution is -0.139. The van der Waals surface area contributed by atoms with E-state index in [1.54, 1.807) is 32.0 Å². The maximum Gasteiger partial charge on any atom is 0.336 e. The molecule has 1 atom stereocenters. The molecular weight excluding hydrogens is 466 g/mol. The van der Waals surface area contributed by atoms with Crippen molar-refractivity contribution >= 4 is 23.8 Å². The van der Waals surface area contributed by atoms with E-state index in [1.807, 2.05) is 6.07 Å². The van der Waals surface area contributed by atoms with Crippen LogP contribution in [0.15, 0.2) is 71.1 Å². The van der Waals surface area contributed by atoms with Crippen LogP contribution in [0, 0.1) is 11.3 Å². The van der Waals surface area contributed by atoms with Crippen molar-refractivity contribution in [3.8, 4) is 6.07 Å². The monoisotopic (exact) mass is 489 g/mol. The van der Waals surface area contributed by atoms with E-state index >= 15 is 0 Å². The number of dihydropyridines is 1. The number of aromatic carboxylic acids is 1. The maximum absolute atomic E-state index is 13.1. The summed E-state index contributed by atoms with van der Waals surface area (Å²) in [4.78, 5) is 48.9. The summed E-state index contributed by atoms with van der Waals surface area (Å²) in [5.41, 5.74) is 1.32. The van der Waals surface area contributed by atoms with Gasteiger partial charge in [0.2, 0.25) is 0 Å². The summed E-state index contributed by atoms with van der Waals surface area (Å²) in [5, 5.41) is 33.8. The first kappa shape index (κ1) is 25.7. The summed E-state index contributed by atoms with van der Waals surface area (Å²) >= 11 is 0. The van der Waals surface area contributed by atoms with E-state index in [0.717, 1.165) is 0 Å². The minimum atomic E-state index is -1.25. The number of benzene rings is 2. The zero-order valence-corrected chi connectivity index (χ0v) is 19.5. The van der Waals surface area contributed by atoms with E-state index in [0.29, 0.717) is 22.5 Å². The Balaban J connectivity index is 1.78. The molecule has 184 valence electrons. The largest absolute Gasteiger partial charge is 0.478 e. The number of rotatable bonds is 8. The molecule has 0 bridgehead atoms. The Labute approximate surface area is 206 Å². The highest BCUT2D eigenvalue weighted by atomic mass is 16.5. The molecule has 0 saturated carbocycles. The molecule has 10 heteroatoms. The SMILES string of the molecule is CC1=C(C(=O)O)[C@@H](c2cccc(C#N)c2)C(C(=O)OCCNC(=O)c2ccccc2C(=O)O)=C(C)N1. The first-order valence-corrected chi connectivity index (χ1v) is 10.8. The van der Waals surface area contributed by atoms with E-state index in [4.69, 9.17) is 4.74 Å². The van der Waals surface area contributed by atoms with Gasteiger partial charge in [0, 0.05) is 11.4 Å². The summed E-state index contributed by atoms with van der Waals surface area (Å²) < 4.78 is 5.34. The van der Waals surface area contributed by atoms with E-state index < -0.39 is 29.7 Å². The van der Waals surface area contributed by atoms with Gasteiger partial charge in [0.05, 0.1) is 46.4 Å². The number of carbonyl (C=O) groups excluding carboxylic acids is 2. The number of nitriles is 1. The smallest absolute Gasteiger partial charge is 0.336 e. The normalized spacial score (nSPS) is 15.0. The number of allylic oxidation sites excluding steroid dienone is 2. The highest BCUT2D eigenvalue weighted by Crippen LogP contribution is 2.38. The fourth-order valence-electron chi connectivity index (χ4n) is 4.02. The number of aliphatic carboxylic acids is 1. The average Bonchev–Trinajstić information content (AvgIpc) is 2.85. The first-order chi connectivity index (χ1) is 17.1. The van der Waals surface area contributed by atoms with Crippen LogP contribution in [0.4, 0.5) is 0 Å². The summed E-state index contributed by atoms with van der Waals surface area (Å²) in [6.07, 6.45) is 0. The number of nitrogens with zero attached hydrogens (tertiary/aromatic N) is 1. The lowest BCUT2D eigenvalue weighted by Gasteiger charge is -2.29. The Kier molecular flexibility index (Phi) is 7.86. The Bertz CT molecular complexity index is 1350. The van der Waals surface area contributed by atoms with Crippen LogP contribution in [0.25, 0.3) is 0 Å². The molecule has 1 heterocycles. The van der Waals surface area contributed by atoms with Crippen LogP contribution in [-0.4, -0.2) is 47.2 Å². The van der Waals surface area contributed by atoms with Crippen molar-refractivity contribution in [3.63, 3.8) is 0 Å². The van der Waals surface area contributed by atoms with Crippen molar-refractivity contribution in [2.45, 2.75) is 19.8 Å². The summed E-state index contributed by atoms with van der Waals surface area (Å²) in [5.74, 6) is -4.89. The lowest BCUT2D eigenvalue weighted by atomic mass is 9.80. The molecule has 1 amide bonds. The average molecular weight is 489 g/mol. The van der Waals surface area contributed by atoms with E-state index in [9.17, 15) is 34.7 Å². The summed E-state index contributed by atoms with van der Waals surface area (Å²) in [6.45, 7) is 2.85. The Morgan fingerprint density at radius 3 is 2.28 bits per heavy atom. The lowest BCUT2D eigenvalue weighted by Crippen LogP contribution is -2.33. The number of hydrogen-bond donors (Lipinski definition) is 4. The van der Waals surface area contributed by atoms with Crippen molar-refractivity contribution in [2.75, 3.05) is 13.2 Å². The van der Waals surface area contributed by atoms with Crippen molar-refractivity contribution in [3.05, 3.63) is 93.3 Å². The summed E-state index contributed by atoms with van der Waals surface area (Å²) in [6, 6.07) is 14.0. The van der Waals surface area contributed by atoms with Crippen molar-refractivity contribution in [1.82, 2.24) is 10.6 Å². The number of hydrogen-bond acceptors (Lipinski definition) is 7. The molecule has 1 aliphatic heterocycles. The van der Waals surface area contributed by atoms with Gasteiger partial charge in [-0.1, -0.05) is 24.3 Å². The van der Waals surface area contributed by atoms with Gasteiger partial charge in [-0.05, 0) is 43.7 Å². The molecule has 2 aromatic carbocycles. The molecular formula is C26H23N3O7. The zero-order chi connectivity index (χ0) is 26.4. The molecule has 0 radical (unpaired) electrons. The number of carbonyl (C=O) groups is 4. The van der Waals surface area contributed by atoms with Gasteiger partial charge in [0.25, 0.3) is 5.91 Å². The molecule has 4 N–H and O–H groups in total. The standard InChI is InChI=1S/C26H23N3O7/c1-14-20(25(33)34)22(17-7-5-6-16(12-17)13-27)21(15(2)29-14)26(35)36-11-10-28-23(30)18-8-3-4-9-19(18)24(31)32/h3-9,12,22,29H,10-11H2,1-2H3,(H,28,30)(H,31,32)(H,33,34)/t22-/m1/s1. The molecule has 0 fully saturated rings. The third-order valence-corrected chi connectivity index (χ3v) is 5.58. The Morgan fingerprint density at radius 1 is 0.972 bits per heavy atom. The Hall–Kier alpha value is -4.91. The Morgan fingerprint density at radius 2 is 1.64 bits per heavy atom. The van der Waals surface area contributed by atoms with Crippen molar-refractivity contribution in [2.24, 2.45) is 0 Å². The zero-order valence-electron chi connectivity index (χ0n) is 19.5. The molecule has 1 aliphatic rings. The number of amides is 1. The summed E-state index contributed by atoms with van der Waals surface area (Å²) in [7, 11) is 0. The van der Waals surface area contributed by atoms with Crippen LogP contribution in [-0.2, 0) is 14.3 Å². The molecule has 0 unspecified atom stereocenters. The van der Waals surface area contributed by atoms with Crippen molar-refractivity contribution < 1.29 is 34.1 Å². The number of carboxylic acid groups (broad SMARTS) is 2. The topological polar surface area (TPSA) is 166 Å². The molecule has 2 aromatic rings. The minimum absolute atomic E-state index is 0.0319. The molecule has 36 heavy (non-hydrogen) atoms. The highest BCUT2D eigenvalue weighted by molar-refractivity contribution is 6.04.